The van der Waals surface area contributed by atoms with Crippen molar-refractivity contribution in [2.24, 2.45) is 0 Å². The van der Waals surface area contributed by atoms with Gasteiger partial charge < -0.3 is 0 Å². The Kier molecular flexibility index (Phi) is 3.44. The standard InChI is InChI=1S/C13H10OPS3/c14-10-15(11-4-1-7-16-11,12-5-2-8-17-12)13-6-3-9-18-13/h1-10H/q+1. The molecule has 3 aromatic rings. The van der Waals surface area contributed by atoms with Crippen molar-refractivity contribution in [3.8, 4) is 0 Å². The second kappa shape index (κ2) is 5.06. The lowest BCUT2D eigenvalue weighted by atomic mass is 10.7. The molecule has 0 fully saturated rings. The zero-order valence-electron chi connectivity index (χ0n) is 9.35. The van der Waals surface area contributed by atoms with Crippen molar-refractivity contribution in [1.82, 2.24) is 0 Å². The molecule has 3 aromatic heterocycles. The quantitative estimate of drug-likeness (QED) is 0.533. The van der Waals surface area contributed by atoms with Gasteiger partial charge in [0, 0.05) is 0 Å². The molecule has 5 heteroatoms. The van der Waals surface area contributed by atoms with Gasteiger partial charge in [-0.2, -0.15) is 0 Å². The van der Waals surface area contributed by atoms with E-state index in [4.69, 9.17) is 0 Å². The molecular weight excluding hydrogens is 299 g/mol. The molecule has 1 nitrogen and oxygen atoms in total. The summed E-state index contributed by atoms with van der Waals surface area (Å²) in [5.74, 6) is 0. The topological polar surface area (TPSA) is 17.1 Å². The number of hydrogen-bond acceptors (Lipinski definition) is 4. The number of thiophene rings is 3. The van der Waals surface area contributed by atoms with Gasteiger partial charge in [0.05, 0.1) is 0 Å². The molecule has 0 N–H and O–H groups in total. The normalized spacial score (nSPS) is 11.6. The fourth-order valence-corrected chi connectivity index (χ4v) is 10.4. The Labute approximate surface area is 118 Å². The van der Waals surface area contributed by atoms with Crippen molar-refractivity contribution in [1.29, 1.82) is 0 Å². The molecule has 0 aliphatic carbocycles. The van der Waals surface area contributed by atoms with E-state index in [0.29, 0.717) is 0 Å². The Morgan fingerprint density at radius 1 is 0.778 bits per heavy atom. The van der Waals surface area contributed by atoms with Gasteiger partial charge in [-0.15, -0.1) is 34.0 Å². The van der Waals surface area contributed by atoms with Crippen molar-refractivity contribution >= 4 is 61.2 Å². The van der Waals surface area contributed by atoms with E-state index < -0.39 is 7.26 Å². The maximum atomic E-state index is 12.0. The van der Waals surface area contributed by atoms with Crippen molar-refractivity contribution in [3.63, 3.8) is 0 Å². The first-order chi connectivity index (χ1) is 8.88. The molecule has 0 aliphatic rings. The Balaban J connectivity index is 2.29. The lowest BCUT2D eigenvalue weighted by Gasteiger charge is -2.14. The number of carbonyl (C=O) groups excluding carboxylic acids is 1. The molecule has 18 heavy (non-hydrogen) atoms. The SMILES string of the molecule is O=C[P+](c1cccs1)(c1cccs1)c1cccs1. The first-order valence-electron chi connectivity index (χ1n) is 5.35. The number of carbonyl (C=O) groups is 1. The van der Waals surface area contributed by atoms with E-state index in [2.05, 4.69) is 34.3 Å². The van der Waals surface area contributed by atoms with Crippen LogP contribution in [0.5, 0.6) is 0 Å². The number of hydrogen-bond donors (Lipinski definition) is 0. The summed E-state index contributed by atoms with van der Waals surface area (Å²) >= 11 is 5.05. The van der Waals surface area contributed by atoms with Crippen LogP contribution in [-0.2, 0) is 4.79 Å². The molecule has 3 heterocycles. The molecule has 3 rings (SSSR count). The van der Waals surface area contributed by atoms with Crippen LogP contribution in [0.2, 0.25) is 0 Å². The average molecular weight is 309 g/mol. The van der Waals surface area contributed by atoms with Crippen LogP contribution in [0.4, 0.5) is 0 Å². The molecule has 0 saturated heterocycles. The molecule has 0 atom stereocenters. The van der Waals surface area contributed by atoms with Crippen LogP contribution in [0.1, 0.15) is 0 Å². The summed E-state index contributed by atoms with van der Waals surface area (Å²) in [7, 11) is -2.02. The average Bonchev–Trinajstić information content (AvgIpc) is 3.16. The highest BCUT2D eigenvalue weighted by Gasteiger charge is 2.49. The van der Waals surface area contributed by atoms with Crippen molar-refractivity contribution in [2.45, 2.75) is 0 Å². The van der Waals surface area contributed by atoms with Crippen LogP contribution in [0.25, 0.3) is 0 Å². The molecular formula is C13H10OPS3+. The highest BCUT2D eigenvalue weighted by molar-refractivity contribution is 8.13. The maximum absolute atomic E-state index is 12.0. The van der Waals surface area contributed by atoms with Gasteiger partial charge in [-0.1, -0.05) is 0 Å². The van der Waals surface area contributed by atoms with E-state index >= 15 is 0 Å². The fourth-order valence-electron chi connectivity index (χ4n) is 1.89. The largest absolute Gasteiger partial charge is 0.274 e. The smallest absolute Gasteiger partial charge is 0.255 e. The van der Waals surface area contributed by atoms with Gasteiger partial charge in [0.2, 0.25) is 7.26 Å². The minimum Gasteiger partial charge on any atom is -0.255 e. The van der Waals surface area contributed by atoms with Crippen LogP contribution in [0, 0.1) is 0 Å². The third kappa shape index (κ3) is 1.81. The summed E-state index contributed by atoms with van der Waals surface area (Å²) in [5, 5.41) is 6.15. The molecule has 0 bridgehead atoms. The van der Waals surface area contributed by atoms with Gasteiger partial charge in [-0.3, -0.25) is 4.79 Å². The van der Waals surface area contributed by atoms with Crippen LogP contribution in [-0.4, -0.2) is 6.03 Å². The van der Waals surface area contributed by atoms with Crippen LogP contribution in [0.15, 0.2) is 52.5 Å². The first-order valence-corrected chi connectivity index (χ1v) is 9.85. The summed E-state index contributed by atoms with van der Waals surface area (Å²) in [6.07, 6.45) is 0. The van der Waals surface area contributed by atoms with Gasteiger partial charge in [0.15, 0.2) is 13.9 Å². The van der Waals surface area contributed by atoms with Crippen LogP contribution >= 0.6 is 41.3 Å². The summed E-state index contributed by atoms with van der Waals surface area (Å²) in [5.41, 5.74) is 0. The van der Waals surface area contributed by atoms with Gasteiger partial charge in [-0.05, 0) is 52.5 Å². The van der Waals surface area contributed by atoms with E-state index in [1.807, 2.05) is 18.2 Å². The Bertz CT molecular complexity index is 527. The summed E-state index contributed by atoms with van der Waals surface area (Å²) in [4.78, 5) is 12.0. The van der Waals surface area contributed by atoms with Gasteiger partial charge in [0.25, 0.3) is 6.03 Å². The maximum Gasteiger partial charge on any atom is 0.274 e. The Morgan fingerprint density at radius 2 is 1.17 bits per heavy atom. The van der Waals surface area contributed by atoms with Gasteiger partial charge in [-0.25, -0.2) is 0 Å². The molecule has 0 aromatic carbocycles. The highest BCUT2D eigenvalue weighted by atomic mass is 32.1. The molecule has 0 aliphatic heterocycles. The molecule has 0 amide bonds. The number of rotatable bonds is 4. The fraction of sp³-hybridized carbons (Fsp3) is 0. The van der Waals surface area contributed by atoms with Crippen molar-refractivity contribution in [2.75, 3.05) is 0 Å². The van der Waals surface area contributed by atoms with E-state index in [-0.39, 0.29) is 0 Å². The summed E-state index contributed by atoms with van der Waals surface area (Å²) < 4.78 is 3.59. The summed E-state index contributed by atoms with van der Waals surface area (Å²) in [6, 6.07) is 13.5. The Hall–Kier alpha value is -0.800. The predicted octanol–water partition coefficient (Wildman–Crippen LogP) is 3.36. The molecule has 0 radical (unpaired) electrons. The van der Waals surface area contributed by atoms with E-state index in [9.17, 15) is 4.79 Å². The molecule has 0 saturated carbocycles. The lowest BCUT2D eigenvalue weighted by molar-refractivity contribution is 0.569. The first kappa shape index (κ1) is 12.2. The zero-order chi connectivity index (χ0) is 12.4. The third-order valence-electron chi connectivity index (χ3n) is 2.72. The monoisotopic (exact) mass is 309 g/mol. The minimum absolute atomic E-state index is 1.19. The third-order valence-corrected chi connectivity index (χ3v) is 11.1. The van der Waals surface area contributed by atoms with Crippen LogP contribution in [0.3, 0.4) is 0 Å². The minimum atomic E-state index is -2.02. The summed E-state index contributed by atoms with van der Waals surface area (Å²) in [6.45, 7) is 0. The predicted molar refractivity (Wildman–Crippen MR) is 85.5 cm³/mol. The second-order valence-electron chi connectivity index (χ2n) is 3.68. The Morgan fingerprint density at radius 3 is 1.39 bits per heavy atom. The van der Waals surface area contributed by atoms with E-state index in [1.165, 1.54) is 19.9 Å². The highest BCUT2D eigenvalue weighted by Crippen LogP contribution is 2.55. The van der Waals surface area contributed by atoms with Gasteiger partial charge in [0.1, 0.15) is 0 Å². The van der Waals surface area contributed by atoms with Crippen LogP contribution < -0.4 is 13.9 Å². The molecule has 0 spiro atoms. The van der Waals surface area contributed by atoms with E-state index in [1.54, 1.807) is 34.0 Å². The second-order valence-corrected chi connectivity index (χ2v) is 10.5. The lowest BCUT2D eigenvalue weighted by Crippen LogP contribution is -2.26. The van der Waals surface area contributed by atoms with Crippen molar-refractivity contribution < 1.29 is 4.79 Å². The molecule has 90 valence electrons. The zero-order valence-corrected chi connectivity index (χ0v) is 12.7. The van der Waals surface area contributed by atoms with Gasteiger partial charge >= 0.3 is 0 Å². The van der Waals surface area contributed by atoms with Crippen molar-refractivity contribution in [3.05, 3.63) is 52.5 Å². The molecule has 0 unspecified atom stereocenters. The van der Waals surface area contributed by atoms with E-state index in [0.717, 1.165) is 0 Å².